The van der Waals surface area contributed by atoms with Crippen LogP contribution in [0.4, 0.5) is 0 Å². The molecule has 0 aliphatic heterocycles. The predicted octanol–water partition coefficient (Wildman–Crippen LogP) is 3.62. The highest BCUT2D eigenvalue weighted by atomic mass is 14.5. The van der Waals surface area contributed by atoms with Crippen molar-refractivity contribution in [1.82, 2.24) is 0 Å². The summed E-state index contributed by atoms with van der Waals surface area (Å²) in [6.07, 6.45) is 6.78. The van der Waals surface area contributed by atoms with Gasteiger partial charge in [0.1, 0.15) is 0 Å². The summed E-state index contributed by atoms with van der Waals surface area (Å²) in [4.78, 5) is 0. The van der Waals surface area contributed by atoms with Crippen LogP contribution in [0.25, 0.3) is 0 Å². The van der Waals surface area contributed by atoms with E-state index in [0.29, 0.717) is 5.92 Å². The Hall–Kier alpha value is -0.820. The fourth-order valence-corrected chi connectivity index (χ4v) is 3.19. The van der Waals surface area contributed by atoms with Crippen molar-refractivity contribution in [3.63, 3.8) is 0 Å². The first-order valence-corrected chi connectivity index (χ1v) is 6.58. The average molecular weight is 217 g/mol. The van der Waals surface area contributed by atoms with Crippen LogP contribution in [0.15, 0.2) is 24.3 Å². The van der Waals surface area contributed by atoms with Gasteiger partial charge in [0.2, 0.25) is 0 Å². The van der Waals surface area contributed by atoms with E-state index >= 15 is 0 Å². The molecule has 0 heterocycles. The van der Waals surface area contributed by atoms with Crippen molar-refractivity contribution in [3.8, 4) is 0 Å². The number of aryl methyl sites for hydroxylation is 1. The van der Waals surface area contributed by atoms with Crippen LogP contribution in [-0.4, -0.2) is 6.54 Å². The van der Waals surface area contributed by atoms with Gasteiger partial charge in [-0.15, -0.1) is 0 Å². The second-order valence-electron chi connectivity index (χ2n) is 5.08. The van der Waals surface area contributed by atoms with Gasteiger partial charge in [-0.2, -0.15) is 0 Å². The molecule has 0 bridgehead atoms. The molecule has 88 valence electrons. The Morgan fingerprint density at radius 2 is 1.94 bits per heavy atom. The van der Waals surface area contributed by atoms with Crippen molar-refractivity contribution in [2.24, 2.45) is 11.7 Å². The lowest BCUT2D eigenvalue weighted by molar-refractivity contribution is 0.414. The molecule has 1 fully saturated rings. The third-order valence-corrected chi connectivity index (χ3v) is 4.03. The highest BCUT2D eigenvalue weighted by molar-refractivity contribution is 5.29. The summed E-state index contributed by atoms with van der Waals surface area (Å²) in [6.45, 7) is 3.04. The summed E-state index contributed by atoms with van der Waals surface area (Å²) in [5.41, 5.74) is 8.76. The van der Waals surface area contributed by atoms with Crippen molar-refractivity contribution < 1.29 is 0 Å². The molecular weight excluding hydrogens is 194 g/mol. The molecule has 1 saturated carbocycles. The topological polar surface area (TPSA) is 26.0 Å². The highest BCUT2D eigenvalue weighted by Gasteiger charge is 2.26. The molecular formula is C15H23N. The van der Waals surface area contributed by atoms with Gasteiger partial charge < -0.3 is 5.73 Å². The first-order valence-electron chi connectivity index (χ1n) is 6.58. The van der Waals surface area contributed by atoms with Gasteiger partial charge in [-0.1, -0.05) is 37.1 Å². The maximum Gasteiger partial charge on any atom is -0.00713 e. The number of benzene rings is 1. The van der Waals surface area contributed by atoms with Gasteiger partial charge in [0.05, 0.1) is 0 Å². The SMILES string of the molecule is Cc1ccccc1C(CCN)C1CCCC1. The number of hydrogen-bond acceptors (Lipinski definition) is 1. The molecule has 2 N–H and O–H groups in total. The lowest BCUT2D eigenvalue weighted by Gasteiger charge is -2.25. The fraction of sp³-hybridized carbons (Fsp3) is 0.600. The predicted molar refractivity (Wildman–Crippen MR) is 69.5 cm³/mol. The summed E-state index contributed by atoms with van der Waals surface area (Å²) in [6, 6.07) is 8.83. The van der Waals surface area contributed by atoms with Crippen molar-refractivity contribution in [1.29, 1.82) is 0 Å². The summed E-state index contributed by atoms with van der Waals surface area (Å²) >= 11 is 0. The summed E-state index contributed by atoms with van der Waals surface area (Å²) < 4.78 is 0. The summed E-state index contributed by atoms with van der Waals surface area (Å²) in [5.74, 6) is 1.58. The maximum atomic E-state index is 5.78. The van der Waals surface area contributed by atoms with Crippen LogP contribution in [0.1, 0.15) is 49.1 Å². The quantitative estimate of drug-likeness (QED) is 0.819. The molecule has 0 saturated heterocycles. The standard InChI is InChI=1S/C15H23N/c1-12-6-2-5-9-14(12)15(10-11-16)13-7-3-4-8-13/h2,5-6,9,13,15H,3-4,7-8,10-11,16H2,1H3. The Bertz CT molecular complexity index is 326. The van der Waals surface area contributed by atoms with Crippen LogP contribution in [0.5, 0.6) is 0 Å². The molecule has 16 heavy (non-hydrogen) atoms. The zero-order chi connectivity index (χ0) is 11.4. The Balaban J connectivity index is 2.21. The number of nitrogens with two attached hydrogens (primary N) is 1. The van der Waals surface area contributed by atoms with Crippen LogP contribution < -0.4 is 5.73 Å². The largest absolute Gasteiger partial charge is 0.330 e. The minimum absolute atomic E-state index is 0.702. The molecule has 0 radical (unpaired) electrons. The smallest absolute Gasteiger partial charge is 0.00713 e. The lowest BCUT2D eigenvalue weighted by Crippen LogP contribution is -2.15. The second-order valence-corrected chi connectivity index (χ2v) is 5.08. The number of hydrogen-bond donors (Lipinski definition) is 1. The van der Waals surface area contributed by atoms with Crippen LogP contribution in [0.3, 0.4) is 0 Å². The van der Waals surface area contributed by atoms with Crippen LogP contribution in [-0.2, 0) is 0 Å². The summed E-state index contributed by atoms with van der Waals surface area (Å²) in [7, 11) is 0. The van der Waals surface area contributed by atoms with Gasteiger partial charge in [0.15, 0.2) is 0 Å². The van der Waals surface area contributed by atoms with E-state index in [1.165, 1.54) is 31.2 Å². The Morgan fingerprint density at radius 3 is 2.56 bits per heavy atom. The maximum absolute atomic E-state index is 5.78. The van der Waals surface area contributed by atoms with E-state index in [1.54, 1.807) is 5.56 Å². The molecule has 1 nitrogen and oxygen atoms in total. The zero-order valence-electron chi connectivity index (χ0n) is 10.3. The first kappa shape index (κ1) is 11.7. The van der Waals surface area contributed by atoms with Crippen LogP contribution >= 0.6 is 0 Å². The van der Waals surface area contributed by atoms with Gasteiger partial charge in [-0.25, -0.2) is 0 Å². The number of rotatable bonds is 4. The van der Waals surface area contributed by atoms with Crippen molar-refractivity contribution in [3.05, 3.63) is 35.4 Å². The van der Waals surface area contributed by atoms with E-state index in [2.05, 4.69) is 31.2 Å². The van der Waals surface area contributed by atoms with Gasteiger partial charge in [0, 0.05) is 0 Å². The molecule has 1 unspecified atom stereocenters. The third-order valence-electron chi connectivity index (χ3n) is 4.03. The van der Waals surface area contributed by atoms with Crippen LogP contribution in [0, 0.1) is 12.8 Å². The van der Waals surface area contributed by atoms with Crippen molar-refractivity contribution in [2.45, 2.75) is 44.9 Å². The van der Waals surface area contributed by atoms with E-state index in [0.717, 1.165) is 18.9 Å². The molecule has 1 atom stereocenters. The van der Waals surface area contributed by atoms with Gasteiger partial charge in [0.25, 0.3) is 0 Å². The minimum Gasteiger partial charge on any atom is -0.330 e. The monoisotopic (exact) mass is 217 g/mol. The van der Waals surface area contributed by atoms with Crippen LogP contribution in [0.2, 0.25) is 0 Å². The highest BCUT2D eigenvalue weighted by Crippen LogP contribution is 2.39. The molecule has 1 aromatic rings. The fourth-order valence-electron chi connectivity index (χ4n) is 3.19. The molecule has 0 spiro atoms. The van der Waals surface area contributed by atoms with Gasteiger partial charge >= 0.3 is 0 Å². The normalized spacial score (nSPS) is 18.9. The Morgan fingerprint density at radius 1 is 1.25 bits per heavy atom. The third kappa shape index (κ3) is 2.46. The summed E-state index contributed by atoms with van der Waals surface area (Å²) in [5, 5.41) is 0. The van der Waals surface area contributed by atoms with Gasteiger partial charge in [-0.3, -0.25) is 0 Å². The van der Waals surface area contributed by atoms with Gasteiger partial charge in [-0.05, 0) is 55.7 Å². The first-order chi connectivity index (χ1) is 7.83. The minimum atomic E-state index is 0.702. The lowest BCUT2D eigenvalue weighted by atomic mass is 9.81. The molecule has 2 rings (SSSR count). The van der Waals surface area contributed by atoms with Crippen molar-refractivity contribution >= 4 is 0 Å². The molecule has 1 aliphatic carbocycles. The van der Waals surface area contributed by atoms with E-state index < -0.39 is 0 Å². The van der Waals surface area contributed by atoms with Crippen molar-refractivity contribution in [2.75, 3.05) is 6.54 Å². The molecule has 1 heteroatoms. The molecule has 0 aromatic heterocycles. The second kappa shape index (κ2) is 5.49. The van der Waals surface area contributed by atoms with E-state index in [9.17, 15) is 0 Å². The molecule has 1 aromatic carbocycles. The van der Waals surface area contributed by atoms with E-state index in [-0.39, 0.29) is 0 Å². The Kier molecular flexibility index (Phi) is 4.00. The molecule has 1 aliphatic rings. The zero-order valence-corrected chi connectivity index (χ0v) is 10.3. The molecule has 0 amide bonds. The average Bonchev–Trinajstić information content (AvgIpc) is 2.80. The van der Waals surface area contributed by atoms with E-state index in [4.69, 9.17) is 5.73 Å². The van der Waals surface area contributed by atoms with E-state index in [1.807, 2.05) is 0 Å². The Labute approximate surface area is 99.0 Å².